The van der Waals surface area contributed by atoms with Crippen molar-refractivity contribution in [1.29, 1.82) is 0 Å². The van der Waals surface area contributed by atoms with Crippen LogP contribution in [0, 0.1) is 11.7 Å². The fourth-order valence-corrected chi connectivity index (χ4v) is 3.46. The number of benzene rings is 2. The number of carbonyl (C=O) groups excluding carboxylic acids is 1. The molecule has 1 aliphatic rings. The summed E-state index contributed by atoms with van der Waals surface area (Å²) in [5.41, 5.74) is 1.41. The van der Waals surface area contributed by atoms with E-state index in [1.54, 1.807) is 30.5 Å². The molecule has 1 unspecified atom stereocenters. The molecule has 1 fully saturated rings. The second-order valence-electron chi connectivity index (χ2n) is 7.06. The summed E-state index contributed by atoms with van der Waals surface area (Å²) in [6.45, 7) is 2.28. The van der Waals surface area contributed by atoms with Crippen molar-refractivity contribution in [2.24, 2.45) is 5.92 Å². The van der Waals surface area contributed by atoms with Gasteiger partial charge in [-0.15, -0.1) is 0 Å². The molecule has 5 nitrogen and oxygen atoms in total. The van der Waals surface area contributed by atoms with Gasteiger partial charge in [-0.05, 0) is 60.9 Å². The molecule has 1 saturated heterocycles. The van der Waals surface area contributed by atoms with E-state index in [2.05, 4.69) is 15.2 Å². The van der Waals surface area contributed by atoms with E-state index in [4.69, 9.17) is 4.74 Å². The minimum Gasteiger partial charge on any atom is -0.438 e. The zero-order valence-corrected chi connectivity index (χ0v) is 15.9. The van der Waals surface area contributed by atoms with Gasteiger partial charge in [-0.2, -0.15) is 0 Å². The largest absolute Gasteiger partial charge is 0.438 e. The molecule has 1 aliphatic heterocycles. The first-order chi connectivity index (χ1) is 14.2. The van der Waals surface area contributed by atoms with E-state index in [1.807, 2.05) is 30.3 Å². The molecule has 4 rings (SSSR count). The van der Waals surface area contributed by atoms with Crippen LogP contribution in [0.3, 0.4) is 0 Å². The van der Waals surface area contributed by atoms with Gasteiger partial charge in [-0.1, -0.05) is 18.2 Å². The van der Waals surface area contributed by atoms with Crippen LogP contribution in [-0.4, -0.2) is 30.5 Å². The van der Waals surface area contributed by atoms with Crippen molar-refractivity contribution in [3.05, 3.63) is 84.3 Å². The lowest BCUT2D eigenvalue weighted by atomic mass is 10.1. The Hall–Kier alpha value is -3.41. The summed E-state index contributed by atoms with van der Waals surface area (Å²) < 4.78 is 18.9. The lowest BCUT2D eigenvalue weighted by molar-refractivity contribution is 0.0945. The van der Waals surface area contributed by atoms with Crippen molar-refractivity contribution in [1.82, 2.24) is 10.3 Å². The molecule has 6 heteroatoms. The van der Waals surface area contributed by atoms with Crippen LogP contribution in [0.2, 0.25) is 0 Å². The normalized spacial score (nSPS) is 15.9. The number of nitrogens with one attached hydrogen (secondary N) is 1. The second-order valence-corrected chi connectivity index (χ2v) is 7.06. The number of pyridine rings is 1. The number of rotatable bonds is 6. The van der Waals surface area contributed by atoms with Gasteiger partial charge >= 0.3 is 0 Å². The number of halogens is 1. The van der Waals surface area contributed by atoms with Gasteiger partial charge < -0.3 is 15.0 Å². The molecular formula is C23H22FN3O2. The van der Waals surface area contributed by atoms with Gasteiger partial charge in [0.15, 0.2) is 0 Å². The number of para-hydroxylation sites is 1. The van der Waals surface area contributed by atoms with Gasteiger partial charge in [-0.25, -0.2) is 9.37 Å². The van der Waals surface area contributed by atoms with Crippen LogP contribution < -0.4 is 15.0 Å². The van der Waals surface area contributed by atoms with Gasteiger partial charge in [0.05, 0.1) is 0 Å². The minimum atomic E-state index is -0.234. The van der Waals surface area contributed by atoms with Crippen molar-refractivity contribution in [3.8, 4) is 11.6 Å². The van der Waals surface area contributed by atoms with Crippen LogP contribution in [-0.2, 0) is 0 Å². The van der Waals surface area contributed by atoms with Crippen LogP contribution in [0.1, 0.15) is 16.8 Å². The van der Waals surface area contributed by atoms with Crippen molar-refractivity contribution in [3.63, 3.8) is 0 Å². The summed E-state index contributed by atoms with van der Waals surface area (Å²) in [6.07, 6.45) is 2.57. The van der Waals surface area contributed by atoms with Gasteiger partial charge in [0.1, 0.15) is 17.1 Å². The third kappa shape index (κ3) is 4.71. The third-order valence-electron chi connectivity index (χ3n) is 5.00. The van der Waals surface area contributed by atoms with E-state index >= 15 is 0 Å². The summed E-state index contributed by atoms with van der Waals surface area (Å²) in [4.78, 5) is 19.1. The maximum absolute atomic E-state index is 13.1. The van der Waals surface area contributed by atoms with Crippen LogP contribution in [0.25, 0.3) is 0 Å². The van der Waals surface area contributed by atoms with E-state index in [1.165, 1.54) is 12.1 Å². The van der Waals surface area contributed by atoms with Crippen LogP contribution in [0.5, 0.6) is 11.6 Å². The fraction of sp³-hybridized carbons (Fsp3) is 0.217. The number of hydrogen-bond acceptors (Lipinski definition) is 4. The maximum Gasteiger partial charge on any atom is 0.256 e. The van der Waals surface area contributed by atoms with Gasteiger partial charge in [0.25, 0.3) is 5.91 Å². The van der Waals surface area contributed by atoms with E-state index in [0.717, 1.165) is 25.2 Å². The van der Waals surface area contributed by atoms with Crippen molar-refractivity contribution >= 4 is 11.6 Å². The lowest BCUT2D eigenvalue weighted by Crippen LogP contribution is -2.31. The molecule has 29 heavy (non-hydrogen) atoms. The minimum absolute atomic E-state index is 0.204. The molecular weight excluding hydrogens is 369 g/mol. The first kappa shape index (κ1) is 18.9. The van der Waals surface area contributed by atoms with Crippen LogP contribution in [0.15, 0.2) is 72.9 Å². The molecule has 1 N–H and O–H groups in total. The third-order valence-corrected chi connectivity index (χ3v) is 5.00. The Morgan fingerprint density at radius 1 is 1.10 bits per heavy atom. The number of anilines is 1. The molecule has 0 radical (unpaired) electrons. The Labute approximate surface area is 169 Å². The number of ether oxygens (including phenoxy) is 1. The highest BCUT2D eigenvalue weighted by atomic mass is 19.1. The monoisotopic (exact) mass is 391 g/mol. The van der Waals surface area contributed by atoms with Crippen LogP contribution in [0.4, 0.5) is 10.1 Å². The molecule has 0 saturated carbocycles. The fourth-order valence-electron chi connectivity index (χ4n) is 3.46. The molecule has 3 aromatic rings. The molecule has 148 valence electrons. The summed E-state index contributed by atoms with van der Waals surface area (Å²) in [6, 6.07) is 19.2. The molecule has 1 atom stereocenters. The quantitative estimate of drug-likeness (QED) is 0.682. The Balaban J connectivity index is 1.35. The standard InChI is InChI=1S/C23H22FN3O2/c24-18-8-10-19(11-9-18)27-14-12-17(16-27)15-26-22(28)21-7-4-13-25-23(21)29-20-5-2-1-3-6-20/h1-11,13,17H,12,14-16H2,(H,26,28). The van der Waals surface area contributed by atoms with Gasteiger partial charge in [0, 0.05) is 31.5 Å². The molecule has 0 aliphatic carbocycles. The smallest absolute Gasteiger partial charge is 0.256 e. The molecule has 1 aromatic heterocycles. The van der Waals surface area contributed by atoms with Gasteiger partial charge in [-0.3, -0.25) is 4.79 Å². The summed E-state index contributed by atoms with van der Waals surface area (Å²) in [5, 5.41) is 3.00. The van der Waals surface area contributed by atoms with Crippen molar-refractivity contribution in [2.75, 3.05) is 24.5 Å². The number of amides is 1. The average Bonchev–Trinajstić information content (AvgIpc) is 3.23. The number of carbonyl (C=O) groups is 1. The van der Waals surface area contributed by atoms with Crippen LogP contribution >= 0.6 is 0 Å². The highest BCUT2D eigenvalue weighted by Crippen LogP contribution is 2.25. The van der Waals surface area contributed by atoms with E-state index in [-0.39, 0.29) is 17.6 Å². The summed E-state index contributed by atoms with van der Waals surface area (Å²) in [5.74, 6) is 0.812. The molecule has 0 spiro atoms. The van der Waals surface area contributed by atoms with E-state index < -0.39 is 0 Å². The average molecular weight is 391 g/mol. The van der Waals surface area contributed by atoms with E-state index in [9.17, 15) is 9.18 Å². The van der Waals surface area contributed by atoms with Crippen molar-refractivity contribution < 1.29 is 13.9 Å². The highest BCUT2D eigenvalue weighted by Gasteiger charge is 2.24. The lowest BCUT2D eigenvalue weighted by Gasteiger charge is -2.19. The van der Waals surface area contributed by atoms with E-state index in [0.29, 0.717) is 23.8 Å². The molecule has 1 amide bonds. The number of nitrogens with zero attached hydrogens (tertiary/aromatic N) is 2. The van der Waals surface area contributed by atoms with Gasteiger partial charge in [0.2, 0.25) is 5.88 Å². The maximum atomic E-state index is 13.1. The molecule has 2 aromatic carbocycles. The SMILES string of the molecule is O=C(NCC1CCN(c2ccc(F)cc2)C1)c1cccnc1Oc1ccccc1. The highest BCUT2D eigenvalue weighted by molar-refractivity contribution is 5.96. The number of hydrogen-bond donors (Lipinski definition) is 1. The summed E-state index contributed by atoms with van der Waals surface area (Å²) >= 11 is 0. The van der Waals surface area contributed by atoms with Crippen molar-refractivity contribution in [2.45, 2.75) is 6.42 Å². The Kier molecular flexibility index (Phi) is 5.70. The second kappa shape index (κ2) is 8.73. The molecule has 2 heterocycles. The topological polar surface area (TPSA) is 54.5 Å². The zero-order valence-electron chi connectivity index (χ0n) is 15.9. The Bertz CT molecular complexity index is 963. The summed E-state index contributed by atoms with van der Waals surface area (Å²) in [7, 11) is 0. The Morgan fingerprint density at radius 2 is 1.90 bits per heavy atom. The molecule has 0 bridgehead atoms. The first-order valence-corrected chi connectivity index (χ1v) is 9.65. The first-order valence-electron chi connectivity index (χ1n) is 9.65. The predicted octanol–water partition coefficient (Wildman–Crippen LogP) is 4.27. The number of aromatic nitrogens is 1. The Morgan fingerprint density at radius 3 is 2.69 bits per heavy atom. The zero-order chi connectivity index (χ0) is 20.1. The predicted molar refractivity (Wildman–Crippen MR) is 110 cm³/mol.